The van der Waals surface area contributed by atoms with Crippen molar-refractivity contribution in [2.45, 2.75) is 77.8 Å². The molecule has 206 valence electrons. The molecule has 2 aliphatic heterocycles. The van der Waals surface area contributed by atoms with Gasteiger partial charge in [0.05, 0.1) is 24.7 Å². The van der Waals surface area contributed by atoms with Crippen LogP contribution in [-0.4, -0.2) is 47.7 Å². The van der Waals surface area contributed by atoms with Gasteiger partial charge >= 0.3 is 6.09 Å². The van der Waals surface area contributed by atoms with Gasteiger partial charge in [-0.05, 0) is 48.9 Å². The van der Waals surface area contributed by atoms with Crippen LogP contribution in [0.5, 0.6) is 5.75 Å². The summed E-state index contributed by atoms with van der Waals surface area (Å²) in [5.41, 5.74) is 2.67. The summed E-state index contributed by atoms with van der Waals surface area (Å²) in [7, 11) is 0. The SMILES string of the molecule is CCC(OCCCCCN1C[C@@H](c2ccc3c(c2)COC(C)(C)O3)OC1=O)OCc1cccc([N+](=O)[O-])c1. The number of fused-ring (bicyclic) bond motifs is 1. The Balaban J connectivity index is 1.14. The van der Waals surface area contributed by atoms with Crippen molar-refractivity contribution in [1.82, 2.24) is 4.90 Å². The third-order valence-corrected chi connectivity index (χ3v) is 6.54. The maximum absolute atomic E-state index is 12.4. The zero-order valence-electron chi connectivity index (χ0n) is 22.2. The summed E-state index contributed by atoms with van der Waals surface area (Å²) in [4.78, 5) is 24.7. The van der Waals surface area contributed by atoms with Gasteiger partial charge in [0, 0.05) is 44.7 Å². The topological polar surface area (TPSA) is 110 Å². The number of nitro groups is 1. The molecule has 0 bridgehead atoms. The zero-order chi connectivity index (χ0) is 27.1. The second kappa shape index (κ2) is 12.6. The van der Waals surface area contributed by atoms with E-state index in [0.29, 0.717) is 32.7 Å². The summed E-state index contributed by atoms with van der Waals surface area (Å²) in [5, 5.41) is 10.9. The highest BCUT2D eigenvalue weighted by Crippen LogP contribution is 2.35. The third-order valence-electron chi connectivity index (χ3n) is 6.54. The Morgan fingerprint density at radius 1 is 1.16 bits per heavy atom. The molecule has 38 heavy (non-hydrogen) atoms. The average Bonchev–Trinajstić information content (AvgIpc) is 3.27. The highest BCUT2D eigenvalue weighted by Gasteiger charge is 2.33. The number of carbonyl (C=O) groups is 1. The van der Waals surface area contributed by atoms with Crippen molar-refractivity contribution in [2.24, 2.45) is 0 Å². The number of carbonyl (C=O) groups excluding carboxylic acids is 1. The van der Waals surface area contributed by atoms with Gasteiger partial charge in [0.1, 0.15) is 11.9 Å². The summed E-state index contributed by atoms with van der Waals surface area (Å²) in [5.74, 6) is 0.154. The molecule has 2 aromatic rings. The van der Waals surface area contributed by atoms with E-state index < -0.39 is 10.7 Å². The van der Waals surface area contributed by atoms with Crippen LogP contribution in [0.2, 0.25) is 0 Å². The second-order valence-electron chi connectivity index (χ2n) is 9.98. The predicted molar refractivity (Wildman–Crippen MR) is 139 cm³/mol. The van der Waals surface area contributed by atoms with Gasteiger partial charge in [-0.3, -0.25) is 10.1 Å². The lowest BCUT2D eigenvalue weighted by molar-refractivity contribution is -0.385. The number of rotatable bonds is 13. The van der Waals surface area contributed by atoms with Crippen LogP contribution >= 0.6 is 0 Å². The molecule has 2 aliphatic rings. The number of non-ortho nitro benzene ring substituents is 1. The van der Waals surface area contributed by atoms with Crippen molar-refractivity contribution in [3.63, 3.8) is 0 Å². The van der Waals surface area contributed by atoms with Gasteiger partial charge in [-0.25, -0.2) is 4.79 Å². The smallest absolute Gasteiger partial charge is 0.410 e. The highest BCUT2D eigenvalue weighted by atomic mass is 16.7. The van der Waals surface area contributed by atoms with Crippen molar-refractivity contribution in [3.8, 4) is 5.75 Å². The fourth-order valence-electron chi connectivity index (χ4n) is 4.45. The van der Waals surface area contributed by atoms with E-state index in [1.54, 1.807) is 17.0 Å². The minimum absolute atomic E-state index is 0.0456. The van der Waals surface area contributed by atoms with E-state index in [0.717, 1.165) is 41.7 Å². The molecule has 0 saturated carbocycles. The molecule has 4 rings (SSSR count). The van der Waals surface area contributed by atoms with E-state index in [2.05, 4.69) is 0 Å². The molecule has 1 saturated heterocycles. The Morgan fingerprint density at radius 3 is 2.79 bits per heavy atom. The van der Waals surface area contributed by atoms with Crippen molar-refractivity contribution in [2.75, 3.05) is 19.7 Å². The standard InChI is InChI=1S/C28H36N2O8/c1-4-26(35-18-20-9-8-10-23(15-20)30(32)33)34-14-7-5-6-13-29-17-25(37-27(29)31)21-11-12-24-22(16-21)19-36-28(2,3)38-24/h8-12,15-16,25-26H,4-7,13-14,17-19H2,1-3H3/t25-,26?/m0/s1. The lowest BCUT2D eigenvalue weighted by Crippen LogP contribution is -2.35. The molecule has 0 aromatic heterocycles. The van der Waals surface area contributed by atoms with Crippen LogP contribution < -0.4 is 4.74 Å². The van der Waals surface area contributed by atoms with Gasteiger partial charge in [-0.2, -0.15) is 0 Å². The van der Waals surface area contributed by atoms with E-state index in [1.165, 1.54) is 12.1 Å². The van der Waals surface area contributed by atoms with Gasteiger partial charge in [0.2, 0.25) is 5.79 Å². The Kier molecular flexibility index (Phi) is 9.19. The molecule has 2 aromatic carbocycles. The lowest BCUT2D eigenvalue weighted by atomic mass is 10.0. The lowest BCUT2D eigenvalue weighted by Gasteiger charge is -2.32. The molecule has 0 spiro atoms. The van der Waals surface area contributed by atoms with Crippen LogP contribution in [0, 0.1) is 10.1 Å². The highest BCUT2D eigenvalue weighted by molar-refractivity contribution is 5.70. The fourth-order valence-corrected chi connectivity index (χ4v) is 4.45. The van der Waals surface area contributed by atoms with Crippen LogP contribution in [0.4, 0.5) is 10.5 Å². The first-order chi connectivity index (χ1) is 18.2. The minimum atomic E-state index is -0.645. The number of benzene rings is 2. The number of ether oxygens (including phenoxy) is 5. The molecule has 1 fully saturated rings. The van der Waals surface area contributed by atoms with Crippen molar-refractivity contribution in [3.05, 3.63) is 69.3 Å². The summed E-state index contributed by atoms with van der Waals surface area (Å²) in [6, 6.07) is 12.3. The quantitative estimate of drug-likeness (QED) is 0.137. The Bertz CT molecular complexity index is 1120. The molecular weight excluding hydrogens is 492 g/mol. The molecule has 10 nitrogen and oxygen atoms in total. The summed E-state index contributed by atoms with van der Waals surface area (Å²) in [6.45, 7) is 8.12. The minimum Gasteiger partial charge on any atom is -0.463 e. The molecule has 1 amide bonds. The van der Waals surface area contributed by atoms with E-state index >= 15 is 0 Å². The van der Waals surface area contributed by atoms with E-state index in [9.17, 15) is 14.9 Å². The normalized spacial score (nSPS) is 19.0. The molecule has 10 heteroatoms. The van der Waals surface area contributed by atoms with Crippen molar-refractivity contribution >= 4 is 11.8 Å². The molecule has 0 radical (unpaired) electrons. The van der Waals surface area contributed by atoms with Crippen LogP contribution in [-0.2, 0) is 32.2 Å². The molecular formula is C28H36N2O8. The maximum atomic E-state index is 12.4. The van der Waals surface area contributed by atoms with Crippen molar-refractivity contribution < 1.29 is 33.4 Å². The second-order valence-corrected chi connectivity index (χ2v) is 9.98. The first kappa shape index (κ1) is 27.8. The number of nitrogens with zero attached hydrogens (tertiary/aromatic N) is 2. The van der Waals surface area contributed by atoms with Gasteiger partial charge < -0.3 is 28.6 Å². The van der Waals surface area contributed by atoms with Crippen molar-refractivity contribution in [1.29, 1.82) is 0 Å². The Morgan fingerprint density at radius 2 is 2.00 bits per heavy atom. The van der Waals surface area contributed by atoms with Crippen LogP contribution in [0.25, 0.3) is 0 Å². The first-order valence-electron chi connectivity index (χ1n) is 13.1. The van der Waals surface area contributed by atoms with Gasteiger partial charge in [-0.1, -0.05) is 25.1 Å². The fraction of sp³-hybridized carbons (Fsp3) is 0.536. The third kappa shape index (κ3) is 7.43. The van der Waals surface area contributed by atoms with E-state index in [4.69, 9.17) is 23.7 Å². The molecule has 2 atom stereocenters. The van der Waals surface area contributed by atoms with E-state index in [-0.39, 0.29) is 30.8 Å². The van der Waals surface area contributed by atoms with Crippen LogP contribution in [0.3, 0.4) is 0 Å². The molecule has 0 N–H and O–H groups in total. The predicted octanol–water partition coefficient (Wildman–Crippen LogP) is 5.87. The number of hydrogen-bond donors (Lipinski definition) is 0. The average molecular weight is 529 g/mol. The summed E-state index contributed by atoms with van der Waals surface area (Å²) < 4.78 is 28.8. The Hall–Kier alpha value is -3.21. The molecule has 2 heterocycles. The first-order valence-corrected chi connectivity index (χ1v) is 13.1. The molecule has 0 aliphatic carbocycles. The summed E-state index contributed by atoms with van der Waals surface area (Å²) >= 11 is 0. The molecule has 1 unspecified atom stereocenters. The zero-order valence-corrected chi connectivity index (χ0v) is 22.2. The largest absolute Gasteiger partial charge is 0.463 e. The number of cyclic esters (lactones) is 1. The van der Waals surface area contributed by atoms with Gasteiger partial charge in [0.25, 0.3) is 5.69 Å². The number of nitro benzene ring substituents is 1. The van der Waals surface area contributed by atoms with Crippen LogP contribution in [0.15, 0.2) is 42.5 Å². The maximum Gasteiger partial charge on any atom is 0.410 e. The summed E-state index contributed by atoms with van der Waals surface area (Å²) in [6.07, 6.45) is 2.29. The van der Waals surface area contributed by atoms with E-state index in [1.807, 2.05) is 39.0 Å². The monoisotopic (exact) mass is 528 g/mol. The number of hydrogen-bond acceptors (Lipinski definition) is 8. The van der Waals surface area contributed by atoms with Gasteiger partial charge in [-0.15, -0.1) is 0 Å². The van der Waals surface area contributed by atoms with Gasteiger partial charge in [0.15, 0.2) is 6.29 Å². The van der Waals surface area contributed by atoms with Crippen LogP contribution in [0.1, 0.15) is 69.2 Å². The number of amides is 1. The Labute approximate surface area is 222 Å². The number of unbranched alkanes of at least 4 members (excludes halogenated alkanes) is 2.